The predicted octanol–water partition coefficient (Wildman–Crippen LogP) is 5.31. The summed E-state index contributed by atoms with van der Waals surface area (Å²) in [6, 6.07) is 2.41. The first kappa shape index (κ1) is 14.6. The highest BCUT2D eigenvalue weighted by atomic mass is 14.3. The Labute approximate surface area is 108 Å². The van der Waals surface area contributed by atoms with E-state index in [4.69, 9.17) is 5.26 Å². The van der Waals surface area contributed by atoms with E-state index in [1.807, 2.05) is 0 Å². The molecule has 0 aromatic rings. The zero-order valence-corrected chi connectivity index (χ0v) is 11.8. The maximum atomic E-state index is 8.91. The molecule has 0 bridgehead atoms. The zero-order chi connectivity index (χ0) is 12.5. The fourth-order valence-electron chi connectivity index (χ4n) is 3.23. The summed E-state index contributed by atoms with van der Waals surface area (Å²) in [6.07, 6.45) is 13.4. The van der Waals surface area contributed by atoms with Crippen LogP contribution in [0.2, 0.25) is 0 Å². The first-order chi connectivity index (χ1) is 8.30. The molecule has 0 saturated heterocycles. The Kier molecular flexibility index (Phi) is 7.33. The van der Waals surface area contributed by atoms with Crippen LogP contribution in [0.1, 0.15) is 78.1 Å². The first-order valence-electron chi connectivity index (χ1n) is 7.69. The lowest BCUT2D eigenvalue weighted by molar-refractivity contribution is 0.246. The largest absolute Gasteiger partial charge is 0.198 e. The molecule has 1 atom stereocenters. The predicted molar refractivity (Wildman–Crippen MR) is 73.6 cm³/mol. The van der Waals surface area contributed by atoms with E-state index < -0.39 is 0 Å². The summed E-state index contributed by atoms with van der Waals surface area (Å²) in [5.74, 6) is 2.31. The molecule has 1 heteroatoms. The van der Waals surface area contributed by atoms with Gasteiger partial charge in [0.25, 0.3) is 0 Å². The van der Waals surface area contributed by atoms with Gasteiger partial charge in [0.05, 0.1) is 6.07 Å². The van der Waals surface area contributed by atoms with Gasteiger partial charge in [-0.1, -0.05) is 65.2 Å². The van der Waals surface area contributed by atoms with Gasteiger partial charge in [0, 0.05) is 5.92 Å². The number of hydrogen-bond acceptors (Lipinski definition) is 1. The summed E-state index contributed by atoms with van der Waals surface area (Å²) in [4.78, 5) is 0. The molecule has 0 N–H and O–H groups in total. The Morgan fingerprint density at radius 2 is 1.65 bits per heavy atom. The molecule has 98 valence electrons. The average molecular weight is 235 g/mol. The normalized spacial score (nSPS) is 26.4. The van der Waals surface area contributed by atoms with Crippen LogP contribution in [0.4, 0.5) is 0 Å². The van der Waals surface area contributed by atoms with E-state index in [0.29, 0.717) is 5.92 Å². The van der Waals surface area contributed by atoms with Crippen molar-refractivity contribution in [3.05, 3.63) is 0 Å². The van der Waals surface area contributed by atoms with Crippen LogP contribution in [-0.2, 0) is 0 Å². The summed E-state index contributed by atoms with van der Waals surface area (Å²) in [6.45, 7) is 4.43. The molecule has 1 saturated carbocycles. The van der Waals surface area contributed by atoms with Gasteiger partial charge in [0.15, 0.2) is 0 Å². The highest BCUT2D eigenvalue weighted by Crippen LogP contribution is 2.34. The molecule has 1 nitrogen and oxygen atoms in total. The van der Waals surface area contributed by atoms with Crippen molar-refractivity contribution in [1.82, 2.24) is 0 Å². The van der Waals surface area contributed by atoms with Crippen LogP contribution in [-0.4, -0.2) is 0 Å². The lowest BCUT2D eigenvalue weighted by atomic mass is 9.78. The Balaban J connectivity index is 2.08. The molecule has 0 heterocycles. The van der Waals surface area contributed by atoms with Gasteiger partial charge in [-0.05, 0) is 24.7 Å². The van der Waals surface area contributed by atoms with Gasteiger partial charge in [0.1, 0.15) is 0 Å². The summed E-state index contributed by atoms with van der Waals surface area (Å²) in [5.41, 5.74) is 0. The molecule has 0 amide bonds. The summed E-state index contributed by atoms with van der Waals surface area (Å²) >= 11 is 0. The molecular weight excluding hydrogens is 206 g/mol. The molecule has 1 unspecified atom stereocenters. The third-order valence-electron chi connectivity index (χ3n) is 4.50. The number of hydrogen-bond donors (Lipinski definition) is 0. The van der Waals surface area contributed by atoms with Gasteiger partial charge in [-0.25, -0.2) is 0 Å². The molecule has 1 aliphatic rings. The molecule has 0 radical (unpaired) electrons. The van der Waals surface area contributed by atoms with Crippen molar-refractivity contribution in [3.63, 3.8) is 0 Å². The second-order valence-electron chi connectivity index (χ2n) is 5.84. The van der Waals surface area contributed by atoms with E-state index in [1.54, 1.807) is 0 Å². The summed E-state index contributed by atoms with van der Waals surface area (Å²) < 4.78 is 0. The lowest BCUT2D eigenvalue weighted by Gasteiger charge is -2.28. The smallest absolute Gasteiger partial charge is 0.0655 e. The van der Waals surface area contributed by atoms with Crippen molar-refractivity contribution in [3.8, 4) is 6.07 Å². The van der Waals surface area contributed by atoms with E-state index in [9.17, 15) is 0 Å². The third kappa shape index (κ3) is 5.57. The van der Waals surface area contributed by atoms with Crippen LogP contribution in [0, 0.1) is 29.1 Å². The third-order valence-corrected chi connectivity index (χ3v) is 4.50. The quantitative estimate of drug-likeness (QED) is 0.586. The monoisotopic (exact) mass is 235 g/mol. The molecule has 0 aromatic carbocycles. The Morgan fingerprint density at radius 3 is 2.12 bits per heavy atom. The standard InChI is InChI=1S/C16H29N/c1-3-6-15-9-11-16(12-10-15)8-5-7-14(4-2)13-17/h14-16H,3-12H2,1-2H3. The molecule has 0 aliphatic heterocycles. The number of rotatable bonds is 7. The van der Waals surface area contributed by atoms with E-state index >= 15 is 0 Å². The van der Waals surface area contributed by atoms with Crippen molar-refractivity contribution in [2.45, 2.75) is 78.1 Å². The van der Waals surface area contributed by atoms with Gasteiger partial charge >= 0.3 is 0 Å². The SMILES string of the molecule is CCCC1CCC(CCCC(C#N)CC)CC1. The van der Waals surface area contributed by atoms with E-state index in [-0.39, 0.29) is 0 Å². The van der Waals surface area contributed by atoms with Crippen molar-refractivity contribution in [2.75, 3.05) is 0 Å². The minimum Gasteiger partial charge on any atom is -0.198 e. The molecule has 1 fully saturated rings. The second kappa shape index (κ2) is 8.56. The molecule has 0 aromatic heterocycles. The second-order valence-corrected chi connectivity index (χ2v) is 5.84. The van der Waals surface area contributed by atoms with Gasteiger partial charge < -0.3 is 0 Å². The Hall–Kier alpha value is -0.510. The molecule has 17 heavy (non-hydrogen) atoms. The van der Waals surface area contributed by atoms with Gasteiger partial charge in [0.2, 0.25) is 0 Å². The lowest BCUT2D eigenvalue weighted by Crippen LogP contribution is -2.14. The van der Waals surface area contributed by atoms with Crippen LogP contribution in [0.25, 0.3) is 0 Å². The average Bonchev–Trinajstić information content (AvgIpc) is 2.37. The highest BCUT2D eigenvalue weighted by molar-refractivity contribution is 4.81. The van der Waals surface area contributed by atoms with Crippen molar-refractivity contribution in [1.29, 1.82) is 5.26 Å². The number of nitrogens with zero attached hydrogens (tertiary/aromatic N) is 1. The minimum atomic E-state index is 0.312. The molecule has 1 aliphatic carbocycles. The van der Waals surface area contributed by atoms with Crippen LogP contribution < -0.4 is 0 Å². The maximum Gasteiger partial charge on any atom is 0.0655 e. The van der Waals surface area contributed by atoms with Crippen molar-refractivity contribution >= 4 is 0 Å². The molecule has 0 spiro atoms. The Morgan fingerprint density at radius 1 is 1.06 bits per heavy atom. The van der Waals surface area contributed by atoms with Crippen molar-refractivity contribution in [2.24, 2.45) is 17.8 Å². The minimum absolute atomic E-state index is 0.312. The van der Waals surface area contributed by atoms with E-state index in [2.05, 4.69) is 19.9 Å². The summed E-state index contributed by atoms with van der Waals surface area (Å²) in [5, 5.41) is 8.91. The number of nitriles is 1. The first-order valence-corrected chi connectivity index (χ1v) is 7.69. The van der Waals surface area contributed by atoms with Crippen LogP contribution in [0.3, 0.4) is 0 Å². The highest BCUT2D eigenvalue weighted by Gasteiger charge is 2.20. The molecular formula is C16H29N. The van der Waals surface area contributed by atoms with E-state index in [0.717, 1.165) is 24.7 Å². The van der Waals surface area contributed by atoms with E-state index in [1.165, 1.54) is 51.4 Å². The van der Waals surface area contributed by atoms with Crippen LogP contribution in [0.15, 0.2) is 0 Å². The topological polar surface area (TPSA) is 23.8 Å². The maximum absolute atomic E-state index is 8.91. The van der Waals surface area contributed by atoms with Crippen molar-refractivity contribution < 1.29 is 0 Å². The van der Waals surface area contributed by atoms with Gasteiger partial charge in [-0.15, -0.1) is 0 Å². The summed E-state index contributed by atoms with van der Waals surface area (Å²) in [7, 11) is 0. The fraction of sp³-hybridized carbons (Fsp3) is 0.938. The zero-order valence-electron chi connectivity index (χ0n) is 11.8. The van der Waals surface area contributed by atoms with Gasteiger partial charge in [-0.2, -0.15) is 5.26 Å². The fourth-order valence-corrected chi connectivity index (χ4v) is 3.23. The molecule has 1 rings (SSSR count). The Bertz CT molecular complexity index is 220. The van der Waals surface area contributed by atoms with Crippen LogP contribution in [0.5, 0.6) is 0 Å². The van der Waals surface area contributed by atoms with Gasteiger partial charge in [-0.3, -0.25) is 0 Å². The van der Waals surface area contributed by atoms with Crippen LogP contribution >= 0.6 is 0 Å².